The predicted molar refractivity (Wildman–Crippen MR) is 56.7 cm³/mol. The van der Waals surface area contributed by atoms with Gasteiger partial charge in [-0.25, -0.2) is 0 Å². The van der Waals surface area contributed by atoms with Gasteiger partial charge in [-0.05, 0) is 19.9 Å². The van der Waals surface area contributed by atoms with Crippen molar-refractivity contribution in [2.24, 2.45) is 0 Å². The van der Waals surface area contributed by atoms with Crippen LogP contribution in [0.15, 0.2) is 0 Å². The second-order valence-corrected chi connectivity index (χ2v) is 3.75. The molecule has 1 amide bonds. The SMILES string of the molecule is CNC(=O)c1nn2c(c1C)CNCCC2. The molecule has 0 fully saturated rings. The first-order valence-electron chi connectivity index (χ1n) is 5.23. The van der Waals surface area contributed by atoms with Gasteiger partial charge < -0.3 is 10.6 Å². The second kappa shape index (κ2) is 4.02. The zero-order valence-electron chi connectivity index (χ0n) is 9.13. The number of hydrogen-bond acceptors (Lipinski definition) is 3. The Labute approximate surface area is 88.8 Å². The summed E-state index contributed by atoms with van der Waals surface area (Å²) >= 11 is 0. The van der Waals surface area contributed by atoms with Crippen LogP contribution in [0.25, 0.3) is 0 Å². The van der Waals surface area contributed by atoms with Crippen LogP contribution in [0, 0.1) is 6.92 Å². The van der Waals surface area contributed by atoms with E-state index in [1.165, 1.54) is 0 Å². The van der Waals surface area contributed by atoms with Crippen molar-refractivity contribution in [1.82, 2.24) is 20.4 Å². The highest BCUT2D eigenvalue weighted by Crippen LogP contribution is 2.15. The highest BCUT2D eigenvalue weighted by molar-refractivity contribution is 5.93. The Morgan fingerprint density at radius 3 is 3.13 bits per heavy atom. The molecule has 1 aliphatic heterocycles. The van der Waals surface area contributed by atoms with E-state index in [4.69, 9.17) is 0 Å². The number of amides is 1. The van der Waals surface area contributed by atoms with Crippen molar-refractivity contribution >= 4 is 5.91 Å². The minimum Gasteiger partial charge on any atom is -0.354 e. The lowest BCUT2D eigenvalue weighted by Crippen LogP contribution is -2.20. The van der Waals surface area contributed by atoms with Crippen molar-refractivity contribution in [2.75, 3.05) is 13.6 Å². The molecule has 0 aliphatic carbocycles. The Balaban J connectivity index is 2.40. The molecule has 82 valence electrons. The fourth-order valence-corrected chi connectivity index (χ4v) is 1.89. The molecule has 0 saturated heterocycles. The van der Waals surface area contributed by atoms with Crippen LogP contribution in [-0.2, 0) is 13.1 Å². The first kappa shape index (κ1) is 10.2. The molecule has 0 radical (unpaired) electrons. The van der Waals surface area contributed by atoms with E-state index in [1.807, 2.05) is 11.6 Å². The smallest absolute Gasteiger partial charge is 0.271 e. The monoisotopic (exact) mass is 208 g/mol. The molecule has 0 bridgehead atoms. The third-order valence-electron chi connectivity index (χ3n) is 2.78. The van der Waals surface area contributed by atoms with Gasteiger partial charge in [-0.3, -0.25) is 9.48 Å². The summed E-state index contributed by atoms with van der Waals surface area (Å²) < 4.78 is 1.94. The summed E-state index contributed by atoms with van der Waals surface area (Å²) in [5, 5.41) is 10.3. The van der Waals surface area contributed by atoms with Crippen molar-refractivity contribution in [1.29, 1.82) is 0 Å². The lowest BCUT2D eigenvalue weighted by molar-refractivity contribution is 0.0956. The molecule has 5 nitrogen and oxygen atoms in total. The molecule has 0 unspecified atom stereocenters. The molecule has 15 heavy (non-hydrogen) atoms. The van der Waals surface area contributed by atoms with Gasteiger partial charge in [0.2, 0.25) is 0 Å². The van der Waals surface area contributed by atoms with Crippen LogP contribution >= 0.6 is 0 Å². The number of carbonyl (C=O) groups excluding carboxylic acids is 1. The summed E-state index contributed by atoms with van der Waals surface area (Å²) in [5.74, 6) is -0.104. The molecule has 0 saturated carbocycles. The van der Waals surface area contributed by atoms with Gasteiger partial charge in [0, 0.05) is 25.7 Å². The van der Waals surface area contributed by atoms with E-state index in [1.54, 1.807) is 7.05 Å². The fraction of sp³-hybridized carbons (Fsp3) is 0.600. The summed E-state index contributed by atoms with van der Waals surface area (Å²) in [5.41, 5.74) is 2.67. The summed E-state index contributed by atoms with van der Waals surface area (Å²) in [4.78, 5) is 11.5. The van der Waals surface area contributed by atoms with Crippen molar-refractivity contribution in [3.05, 3.63) is 17.0 Å². The Morgan fingerprint density at radius 1 is 1.60 bits per heavy atom. The molecule has 0 aromatic carbocycles. The highest BCUT2D eigenvalue weighted by atomic mass is 16.1. The highest BCUT2D eigenvalue weighted by Gasteiger charge is 2.19. The van der Waals surface area contributed by atoms with E-state index in [0.29, 0.717) is 5.69 Å². The largest absolute Gasteiger partial charge is 0.354 e. The average molecular weight is 208 g/mol. The van der Waals surface area contributed by atoms with Crippen molar-refractivity contribution in [3.8, 4) is 0 Å². The number of nitrogens with zero attached hydrogens (tertiary/aromatic N) is 2. The number of hydrogen-bond donors (Lipinski definition) is 2. The van der Waals surface area contributed by atoms with Crippen LogP contribution in [0.2, 0.25) is 0 Å². The van der Waals surface area contributed by atoms with E-state index in [0.717, 1.165) is 37.3 Å². The van der Waals surface area contributed by atoms with Gasteiger partial charge in [0.05, 0.1) is 5.69 Å². The predicted octanol–water partition coefficient (Wildman–Crippen LogP) is 0.0444. The van der Waals surface area contributed by atoms with Crippen LogP contribution < -0.4 is 10.6 Å². The zero-order chi connectivity index (χ0) is 10.8. The summed E-state index contributed by atoms with van der Waals surface area (Å²) in [6.07, 6.45) is 1.06. The second-order valence-electron chi connectivity index (χ2n) is 3.75. The van der Waals surface area contributed by atoms with Gasteiger partial charge >= 0.3 is 0 Å². The molecule has 1 aliphatic rings. The third-order valence-corrected chi connectivity index (χ3v) is 2.78. The maximum atomic E-state index is 11.5. The van der Waals surface area contributed by atoms with Crippen LogP contribution in [0.3, 0.4) is 0 Å². The van der Waals surface area contributed by atoms with E-state index < -0.39 is 0 Å². The zero-order valence-corrected chi connectivity index (χ0v) is 9.13. The third kappa shape index (κ3) is 1.74. The molecular weight excluding hydrogens is 192 g/mol. The van der Waals surface area contributed by atoms with E-state index in [2.05, 4.69) is 15.7 Å². The normalized spacial score (nSPS) is 15.6. The topological polar surface area (TPSA) is 59.0 Å². The van der Waals surface area contributed by atoms with Gasteiger partial charge in [-0.2, -0.15) is 5.10 Å². The van der Waals surface area contributed by atoms with Crippen molar-refractivity contribution < 1.29 is 4.79 Å². The van der Waals surface area contributed by atoms with Crippen LogP contribution in [0.1, 0.15) is 28.2 Å². The van der Waals surface area contributed by atoms with Gasteiger partial charge in [-0.15, -0.1) is 0 Å². The summed E-state index contributed by atoms with van der Waals surface area (Å²) in [6, 6.07) is 0. The fourth-order valence-electron chi connectivity index (χ4n) is 1.89. The van der Waals surface area contributed by atoms with Crippen molar-refractivity contribution in [2.45, 2.75) is 26.4 Å². The number of carbonyl (C=O) groups is 1. The van der Waals surface area contributed by atoms with Crippen LogP contribution in [0.4, 0.5) is 0 Å². The van der Waals surface area contributed by atoms with Crippen LogP contribution in [0.5, 0.6) is 0 Å². The minimum absolute atomic E-state index is 0.104. The molecule has 2 rings (SSSR count). The molecule has 1 aromatic heterocycles. The Hall–Kier alpha value is -1.36. The lowest BCUT2D eigenvalue weighted by atomic mass is 10.2. The average Bonchev–Trinajstić information content (AvgIpc) is 2.44. The molecule has 1 aromatic rings. The standard InChI is InChI=1S/C10H16N4O/c1-7-8-6-12-4-3-5-14(8)13-9(7)10(15)11-2/h12H,3-6H2,1-2H3,(H,11,15). The lowest BCUT2D eigenvalue weighted by Gasteiger charge is -2.01. The van der Waals surface area contributed by atoms with Crippen LogP contribution in [-0.4, -0.2) is 29.3 Å². The Bertz CT molecular complexity index is 383. The Morgan fingerprint density at radius 2 is 2.40 bits per heavy atom. The van der Waals surface area contributed by atoms with Gasteiger partial charge in [0.25, 0.3) is 5.91 Å². The van der Waals surface area contributed by atoms with E-state index in [-0.39, 0.29) is 5.91 Å². The van der Waals surface area contributed by atoms with Gasteiger partial charge in [0.15, 0.2) is 5.69 Å². The quantitative estimate of drug-likeness (QED) is 0.685. The molecule has 2 N–H and O–H groups in total. The van der Waals surface area contributed by atoms with E-state index in [9.17, 15) is 4.79 Å². The number of aromatic nitrogens is 2. The molecule has 0 spiro atoms. The number of aryl methyl sites for hydroxylation is 1. The van der Waals surface area contributed by atoms with Crippen molar-refractivity contribution in [3.63, 3.8) is 0 Å². The summed E-state index contributed by atoms with van der Waals surface area (Å²) in [6.45, 7) is 4.66. The Kier molecular flexibility index (Phi) is 2.73. The summed E-state index contributed by atoms with van der Waals surface area (Å²) in [7, 11) is 1.63. The molecule has 2 heterocycles. The first-order chi connectivity index (χ1) is 7.24. The van der Waals surface area contributed by atoms with Gasteiger partial charge in [0.1, 0.15) is 0 Å². The van der Waals surface area contributed by atoms with E-state index >= 15 is 0 Å². The maximum absolute atomic E-state index is 11.5. The minimum atomic E-state index is -0.104. The first-order valence-corrected chi connectivity index (χ1v) is 5.23. The maximum Gasteiger partial charge on any atom is 0.271 e. The molecule has 0 atom stereocenters. The number of nitrogens with one attached hydrogen (secondary N) is 2. The number of fused-ring (bicyclic) bond motifs is 1. The van der Waals surface area contributed by atoms with Gasteiger partial charge in [-0.1, -0.05) is 0 Å². The number of rotatable bonds is 1. The molecule has 5 heteroatoms. The molecular formula is C10H16N4O.